The van der Waals surface area contributed by atoms with Gasteiger partial charge in [-0.05, 0) is 68.4 Å². The van der Waals surface area contributed by atoms with Gasteiger partial charge in [0.2, 0.25) is 0 Å². The fourth-order valence-corrected chi connectivity index (χ4v) is 7.21. The van der Waals surface area contributed by atoms with Crippen molar-refractivity contribution in [3.63, 3.8) is 0 Å². The summed E-state index contributed by atoms with van der Waals surface area (Å²) >= 11 is 1.27. The number of ether oxygens (including phenoxy) is 1. The molecule has 0 bridgehead atoms. The lowest BCUT2D eigenvalue weighted by atomic mass is 9.75. The van der Waals surface area contributed by atoms with Crippen molar-refractivity contribution in [1.82, 2.24) is 4.90 Å². The highest BCUT2D eigenvalue weighted by Gasteiger charge is 2.37. The highest BCUT2D eigenvalue weighted by molar-refractivity contribution is 7.90. The second-order valence-electron chi connectivity index (χ2n) is 10.5. The minimum absolute atomic E-state index is 0.117. The van der Waals surface area contributed by atoms with E-state index in [2.05, 4.69) is 36.2 Å². The van der Waals surface area contributed by atoms with Gasteiger partial charge < -0.3 is 20.7 Å². The largest absolute Gasteiger partial charge is 0.495 e. The predicted molar refractivity (Wildman–Crippen MR) is 155 cm³/mol. The van der Waals surface area contributed by atoms with Gasteiger partial charge in [0.1, 0.15) is 5.75 Å². The van der Waals surface area contributed by atoms with Crippen molar-refractivity contribution < 1.29 is 26.3 Å². The molecule has 1 aromatic heterocycles. The molecule has 1 saturated carbocycles. The maximum absolute atomic E-state index is 13.6. The first kappa shape index (κ1) is 30.2. The molecule has 0 amide bonds. The molecule has 0 saturated heterocycles. The molecule has 0 spiro atoms. The summed E-state index contributed by atoms with van der Waals surface area (Å²) in [7, 11) is 2.13. The molecule has 1 fully saturated rings. The van der Waals surface area contributed by atoms with Crippen LogP contribution in [0.3, 0.4) is 0 Å². The van der Waals surface area contributed by atoms with E-state index in [1.54, 1.807) is 18.2 Å². The highest BCUT2D eigenvalue weighted by atomic mass is 32.2. The molecule has 0 atom stereocenters. The third-order valence-corrected chi connectivity index (χ3v) is 9.79. The standard InChI is InChI=1S/C29H34F3N3O3S2/c1-35(2)19-12-14-28(33,15-13-19)23-8-5-7-21-22(18-29(30,31)32)26(39-27(21)23)9-6-16-34-24-11-10-20(40(4,36)37)17-25(24)38-3/h5,7-8,10-11,17,19,34H,12-16,18,33H2,1-4H3. The van der Waals surface area contributed by atoms with Crippen LogP contribution in [0.2, 0.25) is 0 Å². The Morgan fingerprint density at radius 3 is 2.50 bits per heavy atom. The van der Waals surface area contributed by atoms with E-state index in [9.17, 15) is 21.6 Å². The van der Waals surface area contributed by atoms with E-state index in [4.69, 9.17) is 10.5 Å². The van der Waals surface area contributed by atoms with Crippen molar-refractivity contribution >= 4 is 36.9 Å². The first-order chi connectivity index (χ1) is 18.7. The van der Waals surface area contributed by atoms with Gasteiger partial charge in [-0.2, -0.15) is 13.2 Å². The topological polar surface area (TPSA) is 84.7 Å². The van der Waals surface area contributed by atoms with E-state index in [0.717, 1.165) is 42.2 Å². The summed E-state index contributed by atoms with van der Waals surface area (Å²) in [5.74, 6) is 6.21. The zero-order valence-corrected chi connectivity index (χ0v) is 24.6. The van der Waals surface area contributed by atoms with Crippen LogP contribution in [-0.2, 0) is 21.8 Å². The Labute approximate surface area is 237 Å². The zero-order chi connectivity index (χ0) is 29.3. The first-order valence-electron chi connectivity index (χ1n) is 12.9. The lowest BCUT2D eigenvalue weighted by Gasteiger charge is -2.40. The number of anilines is 1. The molecule has 6 nitrogen and oxygen atoms in total. The van der Waals surface area contributed by atoms with Crippen LogP contribution in [0.4, 0.5) is 18.9 Å². The Morgan fingerprint density at radius 2 is 1.90 bits per heavy atom. The number of methoxy groups -OCH3 is 1. The molecule has 4 rings (SSSR count). The monoisotopic (exact) mass is 593 g/mol. The highest BCUT2D eigenvalue weighted by Crippen LogP contribution is 2.44. The average Bonchev–Trinajstić information content (AvgIpc) is 3.22. The van der Waals surface area contributed by atoms with Gasteiger partial charge in [0.05, 0.1) is 35.5 Å². The maximum atomic E-state index is 13.6. The van der Waals surface area contributed by atoms with Crippen LogP contribution in [0, 0.1) is 11.8 Å². The van der Waals surface area contributed by atoms with E-state index in [1.165, 1.54) is 30.6 Å². The van der Waals surface area contributed by atoms with E-state index in [-0.39, 0.29) is 17.0 Å². The molecule has 1 aliphatic carbocycles. The Hall–Kier alpha value is -2.78. The van der Waals surface area contributed by atoms with Crippen molar-refractivity contribution in [3.05, 3.63) is 52.4 Å². The second kappa shape index (κ2) is 11.6. The van der Waals surface area contributed by atoms with Crippen LogP contribution in [-0.4, -0.2) is 59.5 Å². The van der Waals surface area contributed by atoms with Gasteiger partial charge in [0.25, 0.3) is 0 Å². The molecule has 3 N–H and O–H groups in total. The smallest absolute Gasteiger partial charge is 0.393 e. The van der Waals surface area contributed by atoms with Crippen LogP contribution in [0.15, 0.2) is 41.3 Å². The molecule has 216 valence electrons. The Balaban J connectivity index is 1.65. The van der Waals surface area contributed by atoms with Crippen molar-refractivity contribution in [2.75, 3.05) is 39.3 Å². The van der Waals surface area contributed by atoms with Gasteiger partial charge in [0.15, 0.2) is 9.84 Å². The number of nitrogens with one attached hydrogen (secondary N) is 1. The molecule has 0 radical (unpaired) electrons. The number of halogens is 3. The zero-order valence-electron chi connectivity index (χ0n) is 23.0. The maximum Gasteiger partial charge on any atom is 0.393 e. The summed E-state index contributed by atoms with van der Waals surface area (Å²) < 4.78 is 70.7. The molecule has 11 heteroatoms. The number of benzene rings is 2. The average molecular weight is 594 g/mol. The van der Waals surface area contributed by atoms with E-state index in [1.807, 2.05) is 6.07 Å². The van der Waals surface area contributed by atoms with Gasteiger partial charge in [0, 0.05) is 28.6 Å². The molecule has 1 heterocycles. The molecule has 2 aromatic carbocycles. The SMILES string of the molecule is COc1cc(S(C)(=O)=O)ccc1NCC#Cc1sc2c(C3(N)CCC(N(C)C)CC3)cccc2c1CC(F)(F)F. The fraction of sp³-hybridized carbons (Fsp3) is 0.448. The van der Waals surface area contributed by atoms with Crippen molar-refractivity contribution in [3.8, 4) is 17.6 Å². The summed E-state index contributed by atoms with van der Waals surface area (Å²) in [5, 5.41) is 3.61. The summed E-state index contributed by atoms with van der Waals surface area (Å²) in [6, 6.07) is 10.3. The van der Waals surface area contributed by atoms with Gasteiger partial charge in [-0.3, -0.25) is 0 Å². The molecule has 0 aliphatic heterocycles. The summed E-state index contributed by atoms with van der Waals surface area (Å²) in [6.45, 7) is 0.119. The number of alkyl halides is 3. The minimum atomic E-state index is -4.39. The van der Waals surface area contributed by atoms with Crippen molar-refractivity contribution in [2.45, 2.75) is 54.8 Å². The Bertz CT molecular complexity index is 1550. The van der Waals surface area contributed by atoms with Gasteiger partial charge in [-0.15, -0.1) is 11.3 Å². The number of nitrogens with two attached hydrogens (primary N) is 1. The van der Waals surface area contributed by atoms with Crippen molar-refractivity contribution in [2.24, 2.45) is 5.73 Å². The number of thiophene rings is 1. The molecule has 40 heavy (non-hydrogen) atoms. The van der Waals surface area contributed by atoms with Crippen molar-refractivity contribution in [1.29, 1.82) is 0 Å². The second-order valence-corrected chi connectivity index (χ2v) is 13.6. The van der Waals surface area contributed by atoms with E-state index in [0.29, 0.717) is 27.7 Å². The lowest BCUT2D eigenvalue weighted by Crippen LogP contribution is -2.44. The Kier molecular flexibility index (Phi) is 8.76. The first-order valence-corrected chi connectivity index (χ1v) is 15.6. The minimum Gasteiger partial charge on any atom is -0.495 e. The van der Waals surface area contributed by atoms with Crippen LogP contribution in [0.5, 0.6) is 5.75 Å². The fourth-order valence-electron chi connectivity index (χ4n) is 5.26. The normalized spacial score (nSPS) is 19.9. The third-order valence-electron chi connectivity index (χ3n) is 7.48. The third kappa shape index (κ3) is 6.74. The molecular weight excluding hydrogens is 559 g/mol. The molecule has 3 aromatic rings. The van der Waals surface area contributed by atoms with Gasteiger partial charge >= 0.3 is 6.18 Å². The van der Waals surface area contributed by atoms with Gasteiger partial charge in [-0.1, -0.05) is 30.0 Å². The summed E-state index contributed by atoms with van der Waals surface area (Å²) in [4.78, 5) is 2.68. The number of sulfone groups is 1. The quantitative estimate of drug-likeness (QED) is 0.350. The number of hydrogen-bond donors (Lipinski definition) is 2. The van der Waals surface area contributed by atoms with E-state index < -0.39 is 28.0 Å². The summed E-state index contributed by atoms with van der Waals surface area (Å²) in [5.41, 5.74) is 7.89. The number of nitrogens with zero attached hydrogens (tertiary/aromatic N) is 1. The predicted octanol–water partition coefficient (Wildman–Crippen LogP) is 5.54. The molecular formula is C29H34F3N3O3S2. The van der Waals surface area contributed by atoms with E-state index >= 15 is 0 Å². The van der Waals surface area contributed by atoms with Crippen LogP contribution in [0.25, 0.3) is 10.1 Å². The van der Waals surface area contributed by atoms with Crippen LogP contribution >= 0.6 is 11.3 Å². The molecule has 0 unspecified atom stereocenters. The van der Waals surface area contributed by atoms with Crippen LogP contribution in [0.1, 0.15) is 41.7 Å². The number of fused-ring (bicyclic) bond motifs is 1. The molecule has 1 aliphatic rings. The Morgan fingerprint density at radius 1 is 1.20 bits per heavy atom. The number of hydrogen-bond acceptors (Lipinski definition) is 7. The van der Waals surface area contributed by atoms with Crippen LogP contribution < -0.4 is 15.8 Å². The lowest BCUT2D eigenvalue weighted by molar-refractivity contribution is -0.126. The summed E-state index contributed by atoms with van der Waals surface area (Å²) in [6.07, 6.45) is -0.997. The number of rotatable bonds is 7. The van der Waals surface area contributed by atoms with Gasteiger partial charge in [-0.25, -0.2) is 8.42 Å².